The molecule has 0 aliphatic rings. The van der Waals surface area contributed by atoms with Crippen LogP contribution in [0.1, 0.15) is 13.3 Å². The maximum Gasteiger partial charge on any atom is 0.317 e. The van der Waals surface area contributed by atoms with E-state index in [1.165, 1.54) is 9.80 Å². The van der Waals surface area contributed by atoms with Gasteiger partial charge < -0.3 is 15.1 Å². The van der Waals surface area contributed by atoms with E-state index in [2.05, 4.69) is 5.32 Å². The van der Waals surface area contributed by atoms with Crippen LogP contribution in [0.3, 0.4) is 0 Å². The van der Waals surface area contributed by atoms with Crippen LogP contribution in [-0.4, -0.2) is 56.0 Å². The molecule has 0 aliphatic carbocycles. The molecular weight excluding hydrogens is 182 g/mol. The first-order chi connectivity index (χ1) is 6.52. The van der Waals surface area contributed by atoms with Gasteiger partial charge in [-0.2, -0.15) is 0 Å². The summed E-state index contributed by atoms with van der Waals surface area (Å²) in [5.41, 5.74) is 0. The molecule has 0 aromatic carbocycles. The number of hydrogen-bond acceptors (Lipinski definition) is 2. The van der Waals surface area contributed by atoms with Crippen LogP contribution in [0.15, 0.2) is 0 Å². The van der Waals surface area contributed by atoms with Gasteiger partial charge in [0, 0.05) is 27.7 Å². The van der Waals surface area contributed by atoms with E-state index in [0.29, 0.717) is 6.54 Å². The summed E-state index contributed by atoms with van der Waals surface area (Å²) < 4.78 is 0. The molecule has 3 amide bonds. The van der Waals surface area contributed by atoms with Gasteiger partial charge in [-0.05, 0) is 6.42 Å². The van der Waals surface area contributed by atoms with Gasteiger partial charge in [0.1, 0.15) is 6.54 Å². The number of nitrogens with one attached hydrogen (secondary N) is 1. The fourth-order valence-electron chi connectivity index (χ4n) is 0.985. The minimum Gasteiger partial charge on any atom is -0.347 e. The molecule has 0 fully saturated rings. The molecule has 0 aromatic rings. The minimum absolute atomic E-state index is 0.0675. The third-order valence-electron chi connectivity index (χ3n) is 1.82. The van der Waals surface area contributed by atoms with Crippen molar-refractivity contribution in [3.8, 4) is 0 Å². The second-order valence-electron chi connectivity index (χ2n) is 3.26. The normalized spacial score (nSPS) is 9.43. The molecule has 14 heavy (non-hydrogen) atoms. The van der Waals surface area contributed by atoms with E-state index in [1.807, 2.05) is 6.92 Å². The summed E-state index contributed by atoms with van der Waals surface area (Å²) in [6.45, 7) is 2.70. The molecule has 1 N–H and O–H groups in total. The minimum atomic E-state index is -0.206. The quantitative estimate of drug-likeness (QED) is 0.702. The molecule has 5 heteroatoms. The van der Waals surface area contributed by atoms with Crippen molar-refractivity contribution in [2.75, 3.05) is 34.2 Å². The topological polar surface area (TPSA) is 52.7 Å². The molecule has 0 bridgehead atoms. The summed E-state index contributed by atoms with van der Waals surface area (Å²) in [5.74, 6) is -0.0675. The van der Waals surface area contributed by atoms with Crippen molar-refractivity contribution in [3.63, 3.8) is 0 Å². The summed E-state index contributed by atoms with van der Waals surface area (Å²) in [7, 11) is 4.91. The number of nitrogens with zero attached hydrogens (tertiary/aromatic N) is 2. The summed E-state index contributed by atoms with van der Waals surface area (Å²) >= 11 is 0. The van der Waals surface area contributed by atoms with E-state index in [1.54, 1.807) is 21.1 Å². The van der Waals surface area contributed by atoms with Gasteiger partial charge in [-0.25, -0.2) is 4.79 Å². The fraction of sp³-hybridized carbons (Fsp3) is 0.778. The zero-order valence-electron chi connectivity index (χ0n) is 9.33. The molecule has 0 atom stereocenters. The Hall–Kier alpha value is -1.26. The highest BCUT2D eigenvalue weighted by Gasteiger charge is 2.15. The summed E-state index contributed by atoms with van der Waals surface area (Å²) in [4.78, 5) is 25.6. The molecule has 0 unspecified atom stereocenters. The molecule has 0 saturated carbocycles. The van der Waals surface area contributed by atoms with Gasteiger partial charge in [0.25, 0.3) is 0 Å². The van der Waals surface area contributed by atoms with E-state index in [4.69, 9.17) is 0 Å². The van der Waals surface area contributed by atoms with Gasteiger partial charge in [-0.1, -0.05) is 6.92 Å². The van der Waals surface area contributed by atoms with Gasteiger partial charge in [0.05, 0.1) is 0 Å². The van der Waals surface area contributed by atoms with Crippen LogP contribution in [0.25, 0.3) is 0 Å². The van der Waals surface area contributed by atoms with Crippen LogP contribution in [-0.2, 0) is 4.79 Å². The summed E-state index contributed by atoms with van der Waals surface area (Å²) in [6.07, 6.45) is 0.841. The Morgan fingerprint density at radius 1 is 1.29 bits per heavy atom. The molecule has 0 aliphatic heterocycles. The molecule has 5 nitrogen and oxygen atoms in total. The van der Waals surface area contributed by atoms with Crippen molar-refractivity contribution in [2.45, 2.75) is 13.3 Å². The number of amides is 3. The van der Waals surface area contributed by atoms with Crippen LogP contribution in [0, 0.1) is 0 Å². The molecule has 0 rings (SSSR count). The first-order valence-electron chi connectivity index (χ1n) is 4.69. The highest BCUT2D eigenvalue weighted by Crippen LogP contribution is 1.94. The van der Waals surface area contributed by atoms with Crippen LogP contribution in [0.4, 0.5) is 4.79 Å². The number of urea groups is 1. The Labute approximate surface area is 85.1 Å². The molecule has 0 radical (unpaired) electrons. The third kappa shape index (κ3) is 4.11. The zero-order valence-corrected chi connectivity index (χ0v) is 9.33. The highest BCUT2D eigenvalue weighted by atomic mass is 16.2. The number of carbonyl (C=O) groups is 2. The van der Waals surface area contributed by atoms with Crippen LogP contribution in [0.5, 0.6) is 0 Å². The van der Waals surface area contributed by atoms with Crippen molar-refractivity contribution in [1.29, 1.82) is 0 Å². The summed E-state index contributed by atoms with van der Waals surface area (Å²) in [6, 6.07) is -0.206. The van der Waals surface area contributed by atoms with E-state index in [0.717, 1.165) is 6.42 Å². The lowest BCUT2D eigenvalue weighted by atomic mass is 10.4. The number of carbonyl (C=O) groups excluding carboxylic acids is 2. The predicted molar refractivity (Wildman–Crippen MR) is 55.0 cm³/mol. The largest absolute Gasteiger partial charge is 0.347 e. The van der Waals surface area contributed by atoms with Gasteiger partial charge in [-0.15, -0.1) is 0 Å². The van der Waals surface area contributed by atoms with Crippen molar-refractivity contribution in [2.24, 2.45) is 0 Å². The SMILES string of the molecule is CCCN(CC(=O)N(C)C)C(=O)NC. The Morgan fingerprint density at radius 2 is 1.86 bits per heavy atom. The number of likely N-dealkylation sites (N-methyl/N-ethyl adjacent to an activating group) is 1. The monoisotopic (exact) mass is 201 g/mol. The van der Waals surface area contributed by atoms with E-state index < -0.39 is 0 Å². The zero-order chi connectivity index (χ0) is 11.1. The van der Waals surface area contributed by atoms with Crippen LogP contribution in [0.2, 0.25) is 0 Å². The first kappa shape index (κ1) is 12.7. The molecule has 0 spiro atoms. The molecule has 0 aromatic heterocycles. The van der Waals surface area contributed by atoms with Crippen LogP contribution >= 0.6 is 0 Å². The number of rotatable bonds is 4. The predicted octanol–water partition coefficient (Wildman–Crippen LogP) is 0.126. The van der Waals surface area contributed by atoms with Gasteiger partial charge in [0.2, 0.25) is 5.91 Å². The van der Waals surface area contributed by atoms with Crippen LogP contribution < -0.4 is 5.32 Å². The smallest absolute Gasteiger partial charge is 0.317 e. The van der Waals surface area contributed by atoms with Gasteiger partial charge in [-0.3, -0.25) is 4.79 Å². The van der Waals surface area contributed by atoms with E-state index in [9.17, 15) is 9.59 Å². The maximum atomic E-state index is 11.4. The molecule has 82 valence electrons. The second-order valence-corrected chi connectivity index (χ2v) is 3.26. The van der Waals surface area contributed by atoms with Crippen molar-refractivity contribution >= 4 is 11.9 Å². The highest BCUT2D eigenvalue weighted by molar-refractivity contribution is 5.83. The van der Waals surface area contributed by atoms with Gasteiger partial charge in [0.15, 0.2) is 0 Å². The van der Waals surface area contributed by atoms with E-state index in [-0.39, 0.29) is 18.5 Å². The lowest BCUT2D eigenvalue weighted by Gasteiger charge is -2.22. The average molecular weight is 201 g/mol. The van der Waals surface area contributed by atoms with Crippen molar-refractivity contribution < 1.29 is 9.59 Å². The Morgan fingerprint density at radius 3 is 2.21 bits per heavy atom. The Kier molecular flexibility index (Phi) is 5.67. The summed E-state index contributed by atoms with van der Waals surface area (Å²) in [5, 5.41) is 2.51. The molecule has 0 saturated heterocycles. The van der Waals surface area contributed by atoms with Crippen molar-refractivity contribution in [1.82, 2.24) is 15.1 Å². The molecular formula is C9H19N3O2. The Balaban J connectivity index is 4.22. The van der Waals surface area contributed by atoms with Crippen molar-refractivity contribution in [3.05, 3.63) is 0 Å². The Bertz CT molecular complexity index is 202. The lowest BCUT2D eigenvalue weighted by Crippen LogP contribution is -2.44. The first-order valence-corrected chi connectivity index (χ1v) is 4.69. The third-order valence-corrected chi connectivity index (χ3v) is 1.82. The fourth-order valence-corrected chi connectivity index (χ4v) is 0.985. The maximum absolute atomic E-state index is 11.4. The average Bonchev–Trinajstić information content (AvgIpc) is 2.15. The standard InChI is InChI=1S/C9H19N3O2/c1-5-6-12(9(14)10-2)7-8(13)11(3)4/h5-7H2,1-4H3,(H,10,14). The van der Waals surface area contributed by atoms with Gasteiger partial charge >= 0.3 is 6.03 Å². The number of hydrogen-bond donors (Lipinski definition) is 1. The lowest BCUT2D eigenvalue weighted by molar-refractivity contribution is -0.129. The second kappa shape index (κ2) is 6.23. The molecule has 0 heterocycles. The van der Waals surface area contributed by atoms with E-state index >= 15 is 0 Å².